The number of aromatic nitrogens is 2. The molecule has 0 N–H and O–H groups in total. The fourth-order valence-electron chi connectivity index (χ4n) is 2.96. The third-order valence-electron chi connectivity index (χ3n) is 4.29. The van der Waals surface area contributed by atoms with Crippen molar-refractivity contribution in [1.82, 2.24) is 15.0 Å². The van der Waals surface area contributed by atoms with Crippen molar-refractivity contribution in [3.05, 3.63) is 41.5 Å². The highest BCUT2D eigenvalue weighted by Gasteiger charge is 2.39. The van der Waals surface area contributed by atoms with E-state index in [1.54, 1.807) is 18.9 Å². The van der Waals surface area contributed by atoms with E-state index in [4.69, 9.17) is 9.26 Å². The van der Waals surface area contributed by atoms with Crippen molar-refractivity contribution in [2.45, 2.75) is 25.5 Å². The minimum Gasteiger partial charge on any atom is -0.380 e. The van der Waals surface area contributed by atoms with E-state index in [9.17, 15) is 4.79 Å². The van der Waals surface area contributed by atoms with E-state index < -0.39 is 0 Å². The number of anilines is 1. The molecule has 1 aliphatic rings. The Kier molecular flexibility index (Phi) is 4.53. The maximum absolute atomic E-state index is 13.0. The maximum atomic E-state index is 13.0. The molecule has 0 spiro atoms. The number of hydrogen-bond acceptors (Lipinski definition) is 6. The van der Waals surface area contributed by atoms with Crippen LogP contribution in [0.1, 0.15) is 34.5 Å². The van der Waals surface area contributed by atoms with Crippen molar-refractivity contribution in [2.24, 2.45) is 0 Å². The molecule has 0 unspecified atom stereocenters. The van der Waals surface area contributed by atoms with Crippen molar-refractivity contribution in [3.8, 4) is 0 Å². The lowest BCUT2D eigenvalue weighted by Crippen LogP contribution is -2.32. The van der Waals surface area contributed by atoms with Gasteiger partial charge in [-0.2, -0.15) is 4.98 Å². The quantitative estimate of drug-likeness (QED) is 0.854. The molecule has 2 aromatic rings. The van der Waals surface area contributed by atoms with E-state index in [1.165, 1.54) is 0 Å². The van der Waals surface area contributed by atoms with Crippen LogP contribution in [0.25, 0.3) is 0 Å². The smallest absolute Gasteiger partial charge is 0.254 e. The zero-order valence-corrected chi connectivity index (χ0v) is 14.4. The first-order chi connectivity index (χ1) is 11.5. The second kappa shape index (κ2) is 6.60. The second-order valence-electron chi connectivity index (χ2n) is 6.19. The molecule has 0 saturated carbocycles. The Balaban J connectivity index is 1.90. The van der Waals surface area contributed by atoms with Gasteiger partial charge in [-0.15, -0.1) is 0 Å². The standard InChI is InChI=1S/C17H22N4O3/c1-11-18-16(24-19-11)15-9-14(23-4)10-21(15)17(22)12-6-5-7-13(8-12)20(2)3/h5-8,14-15H,9-10H2,1-4H3/t14-,15-/m0/s1. The first kappa shape index (κ1) is 16.4. The molecular formula is C17H22N4O3. The van der Waals surface area contributed by atoms with Gasteiger partial charge < -0.3 is 19.1 Å². The van der Waals surface area contributed by atoms with Gasteiger partial charge in [-0.1, -0.05) is 11.2 Å². The van der Waals surface area contributed by atoms with Gasteiger partial charge in [0.1, 0.15) is 6.04 Å². The molecular weight excluding hydrogens is 308 g/mol. The summed E-state index contributed by atoms with van der Waals surface area (Å²) in [5.74, 6) is 0.969. The van der Waals surface area contributed by atoms with E-state index in [2.05, 4.69) is 10.1 Å². The van der Waals surface area contributed by atoms with Crippen molar-refractivity contribution >= 4 is 11.6 Å². The van der Waals surface area contributed by atoms with Crippen molar-refractivity contribution in [2.75, 3.05) is 32.6 Å². The first-order valence-electron chi connectivity index (χ1n) is 7.91. The summed E-state index contributed by atoms with van der Waals surface area (Å²) in [6, 6.07) is 7.31. The second-order valence-corrected chi connectivity index (χ2v) is 6.19. The topological polar surface area (TPSA) is 71.7 Å². The number of ether oxygens (including phenoxy) is 1. The largest absolute Gasteiger partial charge is 0.380 e. The van der Waals surface area contributed by atoms with E-state index >= 15 is 0 Å². The van der Waals surface area contributed by atoms with Crippen LogP contribution in [0.3, 0.4) is 0 Å². The summed E-state index contributed by atoms with van der Waals surface area (Å²) in [5, 5.41) is 3.84. The Hall–Kier alpha value is -2.41. The highest BCUT2D eigenvalue weighted by Crippen LogP contribution is 2.34. The molecule has 0 aliphatic carbocycles. The summed E-state index contributed by atoms with van der Waals surface area (Å²) >= 11 is 0. The molecule has 1 aromatic heterocycles. The van der Waals surface area contributed by atoms with Gasteiger partial charge in [-0.3, -0.25) is 4.79 Å². The monoisotopic (exact) mass is 330 g/mol. The number of likely N-dealkylation sites (tertiary alicyclic amines) is 1. The van der Waals surface area contributed by atoms with Crippen LogP contribution >= 0.6 is 0 Å². The third kappa shape index (κ3) is 3.12. The van der Waals surface area contributed by atoms with Crippen LogP contribution in [0.2, 0.25) is 0 Å². The number of amides is 1. The third-order valence-corrected chi connectivity index (χ3v) is 4.29. The van der Waals surface area contributed by atoms with Crippen molar-refractivity contribution < 1.29 is 14.1 Å². The number of aryl methyl sites for hydroxylation is 1. The molecule has 0 radical (unpaired) electrons. The van der Waals surface area contributed by atoms with E-state index in [0.29, 0.717) is 30.2 Å². The number of benzene rings is 1. The highest BCUT2D eigenvalue weighted by molar-refractivity contribution is 5.95. The molecule has 1 aromatic carbocycles. The number of hydrogen-bond donors (Lipinski definition) is 0. The Morgan fingerprint density at radius 1 is 1.42 bits per heavy atom. The molecule has 1 saturated heterocycles. The van der Waals surface area contributed by atoms with E-state index in [1.807, 2.05) is 43.3 Å². The summed E-state index contributed by atoms with van der Waals surface area (Å²) in [4.78, 5) is 21.1. The van der Waals surface area contributed by atoms with Crippen LogP contribution in [0, 0.1) is 6.92 Å². The Morgan fingerprint density at radius 3 is 2.83 bits per heavy atom. The lowest BCUT2D eigenvalue weighted by Gasteiger charge is -2.22. The first-order valence-corrected chi connectivity index (χ1v) is 7.91. The number of rotatable bonds is 4. The van der Waals surface area contributed by atoms with Crippen LogP contribution in [-0.2, 0) is 4.74 Å². The van der Waals surface area contributed by atoms with Gasteiger partial charge in [0.2, 0.25) is 5.89 Å². The van der Waals surface area contributed by atoms with Gasteiger partial charge in [-0.05, 0) is 25.1 Å². The fraction of sp³-hybridized carbons (Fsp3) is 0.471. The number of nitrogens with zero attached hydrogens (tertiary/aromatic N) is 4. The van der Waals surface area contributed by atoms with Gasteiger partial charge in [0.05, 0.1) is 6.10 Å². The number of carbonyl (C=O) groups excluding carboxylic acids is 1. The molecule has 0 bridgehead atoms. The van der Waals surface area contributed by atoms with E-state index in [0.717, 1.165) is 5.69 Å². The maximum Gasteiger partial charge on any atom is 0.254 e. The average molecular weight is 330 g/mol. The van der Waals surface area contributed by atoms with Crippen LogP contribution in [-0.4, -0.2) is 54.8 Å². The molecule has 3 rings (SSSR count). The summed E-state index contributed by atoms with van der Waals surface area (Å²) < 4.78 is 10.8. The van der Waals surface area contributed by atoms with Crippen LogP contribution in [0.5, 0.6) is 0 Å². The molecule has 1 aliphatic heterocycles. The Morgan fingerprint density at radius 2 is 2.21 bits per heavy atom. The Bertz CT molecular complexity index is 728. The summed E-state index contributed by atoms with van der Waals surface area (Å²) in [7, 11) is 5.55. The van der Waals surface area contributed by atoms with Crippen LogP contribution in [0.4, 0.5) is 5.69 Å². The van der Waals surface area contributed by atoms with Gasteiger partial charge in [-0.25, -0.2) is 0 Å². The predicted octanol–water partition coefficient (Wildman–Crippen LogP) is 2.05. The predicted molar refractivity (Wildman–Crippen MR) is 89.0 cm³/mol. The summed E-state index contributed by atoms with van der Waals surface area (Å²) in [5.41, 5.74) is 1.62. The lowest BCUT2D eigenvalue weighted by atomic mass is 10.1. The average Bonchev–Trinajstić information content (AvgIpc) is 3.20. The summed E-state index contributed by atoms with van der Waals surface area (Å²) in [6.45, 7) is 2.27. The molecule has 2 atom stereocenters. The fourth-order valence-corrected chi connectivity index (χ4v) is 2.96. The number of carbonyl (C=O) groups is 1. The highest BCUT2D eigenvalue weighted by atomic mass is 16.5. The summed E-state index contributed by atoms with van der Waals surface area (Å²) in [6.07, 6.45) is 0.611. The molecule has 24 heavy (non-hydrogen) atoms. The zero-order valence-electron chi connectivity index (χ0n) is 14.4. The molecule has 1 amide bonds. The SMILES string of the molecule is CO[C@H]1C[C@@H](c2nc(C)no2)N(C(=O)c2cccc(N(C)C)c2)C1. The molecule has 7 heteroatoms. The van der Waals surface area contributed by atoms with E-state index in [-0.39, 0.29) is 18.1 Å². The van der Waals surface area contributed by atoms with Crippen LogP contribution in [0.15, 0.2) is 28.8 Å². The van der Waals surface area contributed by atoms with Crippen molar-refractivity contribution in [1.29, 1.82) is 0 Å². The minimum atomic E-state index is -0.258. The normalized spacial score (nSPS) is 20.4. The van der Waals surface area contributed by atoms with Gasteiger partial charge >= 0.3 is 0 Å². The molecule has 7 nitrogen and oxygen atoms in total. The lowest BCUT2D eigenvalue weighted by molar-refractivity contribution is 0.0671. The van der Waals surface area contributed by atoms with Gasteiger partial charge in [0.15, 0.2) is 5.82 Å². The van der Waals surface area contributed by atoms with Gasteiger partial charge in [0, 0.05) is 45.4 Å². The van der Waals surface area contributed by atoms with Crippen molar-refractivity contribution in [3.63, 3.8) is 0 Å². The minimum absolute atomic E-state index is 0.0387. The Labute approximate surface area is 141 Å². The molecule has 128 valence electrons. The van der Waals surface area contributed by atoms with Gasteiger partial charge in [0.25, 0.3) is 5.91 Å². The van der Waals surface area contributed by atoms with Crippen LogP contribution < -0.4 is 4.90 Å². The number of methoxy groups -OCH3 is 1. The molecule has 2 heterocycles. The zero-order chi connectivity index (χ0) is 17.3. The molecule has 1 fully saturated rings.